The molecule has 30 heavy (non-hydrogen) atoms. The summed E-state index contributed by atoms with van der Waals surface area (Å²) in [6.45, 7) is 1.75. The van der Waals surface area contributed by atoms with Crippen molar-refractivity contribution in [3.8, 4) is 16.3 Å². The lowest BCUT2D eigenvalue weighted by atomic mass is 10.2. The van der Waals surface area contributed by atoms with Gasteiger partial charge in [-0.05, 0) is 31.2 Å². The lowest BCUT2D eigenvalue weighted by Gasteiger charge is -2.01. The highest BCUT2D eigenvalue weighted by molar-refractivity contribution is 7.12. The van der Waals surface area contributed by atoms with Gasteiger partial charge in [-0.1, -0.05) is 29.5 Å². The van der Waals surface area contributed by atoms with Gasteiger partial charge in [0.1, 0.15) is 5.01 Å². The van der Waals surface area contributed by atoms with Gasteiger partial charge in [-0.3, -0.25) is 14.9 Å². The molecule has 0 saturated carbocycles. The average molecular weight is 420 g/mol. The molecule has 0 unspecified atom stereocenters. The van der Waals surface area contributed by atoms with Gasteiger partial charge in [0.25, 0.3) is 5.69 Å². The van der Waals surface area contributed by atoms with Crippen molar-refractivity contribution in [2.45, 2.75) is 6.92 Å². The molecule has 0 N–H and O–H groups in total. The van der Waals surface area contributed by atoms with E-state index in [1.165, 1.54) is 23.5 Å². The van der Waals surface area contributed by atoms with Crippen LogP contribution in [-0.2, 0) is 7.05 Å². The molecule has 0 spiro atoms. The molecule has 4 rings (SSSR count). The molecule has 0 aliphatic carbocycles. The molecule has 0 bridgehead atoms. The van der Waals surface area contributed by atoms with Crippen molar-refractivity contribution >= 4 is 29.1 Å². The minimum Gasteiger partial charge on any atom is -0.298 e. The third kappa shape index (κ3) is 3.55. The molecule has 150 valence electrons. The number of non-ortho nitro benzene ring substituents is 1. The highest BCUT2D eigenvalue weighted by atomic mass is 32.1. The number of rotatable bonds is 5. The van der Waals surface area contributed by atoms with Crippen molar-refractivity contribution in [2.75, 3.05) is 0 Å². The fraction of sp³-hybridized carbons (Fsp3) is 0.100. The fourth-order valence-corrected chi connectivity index (χ4v) is 3.87. The third-order valence-corrected chi connectivity index (χ3v) is 5.40. The van der Waals surface area contributed by atoms with E-state index in [1.54, 1.807) is 35.5 Å². The highest BCUT2D eigenvalue weighted by Gasteiger charge is 2.15. The first-order chi connectivity index (χ1) is 14.5. The van der Waals surface area contributed by atoms with Gasteiger partial charge in [-0.15, -0.1) is 0 Å². The summed E-state index contributed by atoms with van der Waals surface area (Å²) in [4.78, 5) is 27.2. The molecule has 0 aliphatic heterocycles. The zero-order valence-electron chi connectivity index (χ0n) is 16.1. The Balaban J connectivity index is 1.92. The topological polar surface area (TPSA) is 108 Å². The predicted molar refractivity (Wildman–Crippen MR) is 112 cm³/mol. The quantitative estimate of drug-likeness (QED) is 0.278. The molecule has 0 amide bonds. The van der Waals surface area contributed by atoms with Crippen LogP contribution in [0.4, 0.5) is 11.5 Å². The summed E-state index contributed by atoms with van der Waals surface area (Å²) in [5.41, 5.74) is 2.55. The Hall–Kier alpha value is -3.92. The summed E-state index contributed by atoms with van der Waals surface area (Å²) < 4.78 is 3.23. The van der Waals surface area contributed by atoms with Gasteiger partial charge in [0.2, 0.25) is 4.80 Å². The summed E-state index contributed by atoms with van der Waals surface area (Å²) in [6.07, 6.45) is 0.742. The van der Waals surface area contributed by atoms with E-state index < -0.39 is 4.92 Å². The van der Waals surface area contributed by atoms with Crippen LogP contribution in [0.5, 0.6) is 0 Å². The van der Waals surface area contributed by atoms with Crippen LogP contribution in [0.25, 0.3) is 16.3 Å². The summed E-state index contributed by atoms with van der Waals surface area (Å²) in [5, 5.41) is 20.5. The number of aldehydes is 1. The Kier molecular flexibility index (Phi) is 5.07. The second-order valence-corrected chi connectivity index (χ2v) is 7.37. The number of para-hydroxylation sites is 1. The molecule has 0 aliphatic rings. The van der Waals surface area contributed by atoms with Gasteiger partial charge in [-0.2, -0.15) is 15.2 Å². The maximum atomic E-state index is 11.5. The highest BCUT2D eigenvalue weighted by Crippen LogP contribution is 2.25. The molecule has 10 heteroatoms. The van der Waals surface area contributed by atoms with E-state index in [-0.39, 0.29) is 5.69 Å². The molecule has 0 atom stereocenters. The number of nitrogens with zero attached hydrogens (tertiary/aromatic N) is 6. The van der Waals surface area contributed by atoms with E-state index in [4.69, 9.17) is 0 Å². The standard InChI is InChI=1S/C20H16N6O3S/c1-13-17(12-27)18(24(2)22-13)21-20-25(15-6-4-3-5-7-15)23-19(30-20)14-8-10-16(11-9-14)26(28)29/h3-12H,1-2H3/b21-20-. The number of nitro benzene ring substituents is 1. The van der Waals surface area contributed by atoms with Gasteiger partial charge in [-0.25, -0.2) is 9.36 Å². The Labute approximate surface area is 174 Å². The maximum absolute atomic E-state index is 11.5. The molecular weight excluding hydrogens is 404 g/mol. The largest absolute Gasteiger partial charge is 0.298 e. The lowest BCUT2D eigenvalue weighted by molar-refractivity contribution is -0.384. The van der Waals surface area contributed by atoms with E-state index >= 15 is 0 Å². The molecule has 0 fully saturated rings. The molecule has 4 aromatic rings. The third-order valence-electron chi connectivity index (χ3n) is 4.44. The van der Waals surface area contributed by atoms with Gasteiger partial charge < -0.3 is 0 Å². The molecule has 0 saturated heterocycles. The number of hydrogen-bond acceptors (Lipinski definition) is 7. The SMILES string of the molecule is Cc1nn(C)c(/N=c2\sc(-c3ccc([N+](=O)[O-])cc3)nn2-c2ccccc2)c1C=O. The van der Waals surface area contributed by atoms with Crippen LogP contribution in [-0.4, -0.2) is 30.8 Å². The van der Waals surface area contributed by atoms with Crippen molar-refractivity contribution in [1.82, 2.24) is 19.6 Å². The van der Waals surface area contributed by atoms with E-state index in [0.717, 1.165) is 17.5 Å². The summed E-state index contributed by atoms with van der Waals surface area (Å²) in [5.74, 6) is 0.436. The van der Waals surface area contributed by atoms with Crippen LogP contribution in [0.1, 0.15) is 16.1 Å². The van der Waals surface area contributed by atoms with Gasteiger partial charge in [0.15, 0.2) is 12.1 Å². The lowest BCUT2D eigenvalue weighted by Crippen LogP contribution is -2.14. The average Bonchev–Trinajstić information content (AvgIpc) is 3.29. The summed E-state index contributed by atoms with van der Waals surface area (Å²) in [7, 11) is 1.73. The number of carbonyl (C=O) groups is 1. The minimum absolute atomic E-state index is 0.0112. The number of aryl methyl sites for hydroxylation is 2. The predicted octanol–water partition coefficient (Wildman–Crippen LogP) is 3.60. The second-order valence-electron chi connectivity index (χ2n) is 6.42. The van der Waals surface area contributed by atoms with E-state index in [2.05, 4.69) is 15.2 Å². The number of aromatic nitrogens is 4. The number of hydrogen-bond donors (Lipinski definition) is 0. The first-order valence-electron chi connectivity index (χ1n) is 8.92. The van der Waals surface area contributed by atoms with Crippen molar-refractivity contribution < 1.29 is 9.72 Å². The summed E-state index contributed by atoms with van der Waals surface area (Å²) >= 11 is 1.31. The van der Waals surface area contributed by atoms with Crippen LogP contribution in [0, 0.1) is 17.0 Å². The van der Waals surface area contributed by atoms with Crippen LogP contribution >= 0.6 is 11.3 Å². The van der Waals surface area contributed by atoms with Crippen LogP contribution < -0.4 is 4.80 Å². The maximum Gasteiger partial charge on any atom is 0.269 e. The second kappa shape index (κ2) is 7.84. The van der Waals surface area contributed by atoms with Crippen molar-refractivity contribution in [3.05, 3.63) is 80.8 Å². The van der Waals surface area contributed by atoms with Crippen molar-refractivity contribution in [2.24, 2.45) is 12.0 Å². The molecule has 2 heterocycles. The zero-order valence-corrected chi connectivity index (χ0v) is 16.9. The minimum atomic E-state index is -0.442. The zero-order chi connectivity index (χ0) is 21.3. The van der Waals surface area contributed by atoms with Crippen LogP contribution in [0.15, 0.2) is 59.6 Å². The fourth-order valence-electron chi connectivity index (χ4n) is 2.96. The van der Waals surface area contributed by atoms with Crippen LogP contribution in [0.3, 0.4) is 0 Å². The normalized spacial score (nSPS) is 11.6. The van der Waals surface area contributed by atoms with Gasteiger partial charge in [0, 0.05) is 24.7 Å². The van der Waals surface area contributed by atoms with Gasteiger partial charge >= 0.3 is 0 Å². The number of carbonyl (C=O) groups excluding carboxylic acids is 1. The molecule has 2 aromatic carbocycles. The Morgan fingerprint density at radius 2 is 1.80 bits per heavy atom. The van der Waals surface area contributed by atoms with E-state index in [1.807, 2.05) is 30.3 Å². The number of benzene rings is 2. The number of nitro groups is 1. The molecule has 2 aromatic heterocycles. The Bertz CT molecular complexity index is 1300. The van der Waals surface area contributed by atoms with Crippen LogP contribution in [0.2, 0.25) is 0 Å². The monoisotopic (exact) mass is 420 g/mol. The van der Waals surface area contributed by atoms with Gasteiger partial charge in [0.05, 0.1) is 21.9 Å². The Morgan fingerprint density at radius 3 is 2.43 bits per heavy atom. The first-order valence-corrected chi connectivity index (χ1v) is 9.73. The van der Waals surface area contributed by atoms with Crippen molar-refractivity contribution in [3.63, 3.8) is 0 Å². The molecular formula is C20H16N6O3S. The summed E-state index contributed by atoms with van der Waals surface area (Å²) in [6, 6.07) is 15.7. The first kappa shape index (κ1) is 19.4. The molecule has 9 nitrogen and oxygen atoms in total. The van der Waals surface area contributed by atoms with Crippen molar-refractivity contribution in [1.29, 1.82) is 0 Å². The van der Waals surface area contributed by atoms with E-state index in [0.29, 0.717) is 26.9 Å². The van der Waals surface area contributed by atoms with E-state index in [9.17, 15) is 14.9 Å². The molecule has 0 radical (unpaired) electrons. The smallest absolute Gasteiger partial charge is 0.269 e. The Morgan fingerprint density at radius 1 is 1.10 bits per heavy atom.